The van der Waals surface area contributed by atoms with E-state index in [1.54, 1.807) is 0 Å². The van der Waals surface area contributed by atoms with Crippen LogP contribution in [0.1, 0.15) is 42.8 Å². The molecule has 1 amide bonds. The summed E-state index contributed by atoms with van der Waals surface area (Å²) in [7, 11) is 0. The van der Waals surface area contributed by atoms with Crippen LogP contribution in [0, 0.1) is 5.92 Å². The normalized spacial score (nSPS) is 19.1. The minimum absolute atomic E-state index is 0.0730. The Morgan fingerprint density at radius 3 is 2.15 bits per heavy atom. The van der Waals surface area contributed by atoms with E-state index in [0.29, 0.717) is 5.91 Å². The van der Waals surface area contributed by atoms with E-state index in [9.17, 15) is 4.79 Å². The summed E-state index contributed by atoms with van der Waals surface area (Å²) >= 11 is 0. The van der Waals surface area contributed by atoms with E-state index in [0.717, 1.165) is 76.5 Å². The Balaban J connectivity index is 1.10. The molecule has 39 heavy (non-hydrogen) atoms. The zero-order valence-electron chi connectivity index (χ0n) is 23.0. The van der Waals surface area contributed by atoms with Crippen molar-refractivity contribution in [1.82, 2.24) is 24.3 Å². The lowest BCUT2D eigenvalue weighted by molar-refractivity contribution is -0.139. The number of para-hydroxylation sites is 2. The molecule has 0 spiro atoms. The summed E-state index contributed by atoms with van der Waals surface area (Å²) in [4.78, 5) is 25.7. The van der Waals surface area contributed by atoms with Gasteiger partial charge in [-0.15, -0.1) is 0 Å². The number of fused-ring (bicyclic) bond motifs is 1. The van der Waals surface area contributed by atoms with E-state index in [-0.39, 0.29) is 12.0 Å². The van der Waals surface area contributed by atoms with E-state index in [4.69, 9.17) is 4.98 Å². The van der Waals surface area contributed by atoms with Crippen molar-refractivity contribution in [3.05, 3.63) is 102 Å². The molecule has 2 aliphatic heterocycles. The second-order valence-corrected chi connectivity index (χ2v) is 10.9. The number of imidazole rings is 1. The summed E-state index contributed by atoms with van der Waals surface area (Å²) in [5, 5.41) is 0. The molecular weight excluding hydrogens is 482 g/mol. The smallest absolute Gasteiger partial charge is 0.227 e. The van der Waals surface area contributed by atoms with Gasteiger partial charge in [-0.3, -0.25) is 14.6 Å². The molecule has 3 heterocycles. The first kappa shape index (κ1) is 25.8. The van der Waals surface area contributed by atoms with Crippen LogP contribution in [0.25, 0.3) is 11.0 Å². The molecule has 3 aromatic carbocycles. The number of hydrogen-bond acceptors (Lipinski definition) is 4. The lowest BCUT2D eigenvalue weighted by Gasteiger charge is -2.42. The van der Waals surface area contributed by atoms with Gasteiger partial charge in [0.15, 0.2) is 0 Å². The molecule has 0 radical (unpaired) electrons. The minimum Gasteiger partial charge on any atom is -0.340 e. The van der Waals surface area contributed by atoms with E-state index >= 15 is 0 Å². The fourth-order valence-electron chi connectivity index (χ4n) is 6.54. The van der Waals surface area contributed by atoms with Crippen molar-refractivity contribution >= 4 is 16.9 Å². The average Bonchev–Trinajstić information content (AvgIpc) is 3.35. The van der Waals surface area contributed by atoms with Crippen LogP contribution in [-0.2, 0) is 17.9 Å². The standard InChI is InChI=1S/C33H39N5O/c1-2-38-30-18-10-9-17-29(30)34-31(38)25-35-19-11-16-28(24-35)33(39)37-22-20-36(21-23-37)32(26-12-5-3-6-13-26)27-14-7-4-8-15-27/h3-10,12-15,17-18,28,32H,2,11,16,19-25H2,1H3/t28-/m0/s1. The summed E-state index contributed by atoms with van der Waals surface area (Å²) < 4.78 is 2.32. The zero-order valence-corrected chi connectivity index (χ0v) is 23.0. The Hall–Kier alpha value is -3.48. The van der Waals surface area contributed by atoms with E-state index in [1.165, 1.54) is 16.6 Å². The van der Waals surface area contributed by atoms with Crippen molar-refractivity contribution in [2.45, 2.75) is 38.9 Å². The molecule has 0 aliphatic carbocycles. The number of carbonyl (C=O) groups excluding carboxylic acids is 1. The highest BCUT2D eigenvalue weighted by Gasteiger charge is 2.33. The van der Waals surface area contributed by atoms with Gasteiger partial charge in [-0.05, 0) is 49.6 Å². The Morgan fingerprint density at radius 1 is 0.846 bits per heavy atom. The monoisotopic (exact) mass is 521 g/mol. The van der Waals surface area contributed by atoms with Crippen LogP contribution in [0.2, 0.25) is 0 Å². The number of hydrogen-bond donors (Lipinski definition) is 0. The first-order valence-corrected chi connectivity index (χ1v) is 14.5. The van der Waals surface area contributed by atoms with Crippen molar-refractivity contribution in [3.8, 4) is 0 Å². The number of likely N-dealkylation sites (tertiary alicyclic amines) is 1. The number of aromatic nitrogens is 2. The largest absolute Gasteiger partial charge is 0.340 e. The predicted octanol–water partition coefficient (Wildman–Crippen LogP) is 5.20. The van der Waals surface area contributed by atoms with Gasteiger partial charge in [0.05, 0.1) is 29.5 Å². The first-order chi connectivity index (χ1) is 19.2. The summed E-state index contributed by atoms with van der Waals surface area (Å²) in [6.45, 7) is 9.09. The Labute approximate surface area is 231 Å². The number of amides is 1. The Kier molecular flexibility index (Phi) is 7.75. The van der Waals surface area contributed by atoms with E-state index in [2.05, 4.69) is 111 Å². The second-order valence-electron chi connectivity index (χ2n) is 10.9. The van der Waals surface area contributed by atoms with Crippen molar-refractivity contribution in [3.63, 3.8) is 0 Å². The highest BCUT2D eigenvalue weighted by atomic mass is 16.2. The molecule has 0 N–H and O–H groups in total. The molecule has 2 aliphatic rings. The average molecular weight is 522 g/mol. The first-order valence-electron chi connectivity index (χ1n) is 14.5. The van der Waals surface area contributed by atoms with Gasteiger partial charge >= 0.3 is 0 Å². The van der Waals surface area contributed by atoms with E-state index < -0.39 is 0 Å². The third-order valence-corrected chi connectivity index (χ3v) is 8.49. The van der Waals surface area contributed by atoms with Crippen molar-refractivity contribution in [2.24, 2.45) is 5.92 Å². The van der Waals surface area contributed by atoms with Gasteiger partial charge in [0.1, 0.15) is 5.82 Å². The van der Waals surface area contributed by atoms with Crippen LogP contribution in [0.15, 0.2) is 84.9 Å². The zero-order chi connectivity index (χ0) is 26.6. The highest BCUT2D eigenvalue weighted by molar-refractivity contribution is 5.79. The number of aryl methyl sites for hydroxylation is 1. The maximum atomic E-state index is 13.7. The molecule has 1 atom stereocenters. The lowest BCUT2D eigenvalue weighted by Crippen LogP contribution is -2.53. The molecule has 4 aromatic rings. The minimum atomic E-state index is 0.0730. The maximum Gasteiger partial charge on any atom is 0.227 e. The number of carbonyl (C=O) groups is 1. The number of rotatable bonds is 7. The molecule has 2 saturated heterocycles. The Bertz CT molecular complexity index is 1340. The number of nitrogens with zero attached hydrogens (tertiary/aromatic N) is 5. The molecule has 6 rings (SSSR count). The lowest BCUT2D eigenvalue weighted by atomic mass is 9.95. The van der Waals surface area contributed by atoms with Crippen LogP contribution in [-0.4, -0.2) is 69.4 Å². The quantitative estimate of drug-likeness (QED) is 0.335. The van der Waals surface area contributed by atoms with Gasteiger partial charge in [0, 0.05) is 39.3 Å². The van der Waals surface area contributed by atoms with Gasteiger partial charge < -0.3 is 9.47 Å². The van der Waals surface area contributed by atoms with Crippen molar-refractivity contribution in [1.29, 1.82) is 0 Å². The number of piperazine rings is 1. The SMILES string of the molecule is CCn1c(CN2CCC[C@H](C(=O)N3CCN(C(c4ccccc4)c4ccccc4)CC3)C2)nc2ccccc21. The fourth-order valence-corrected chi connectivity index (χ4v) is 6.54. The molecule has 202 valence electrons. The van der Waals surface area contributed by atoms with Gasteiger partial charge in [-0.25, -0.2) is 4.98 Å². The molecule has 6 nitrogen and oxygen atoms in total. The van der Waals surface area contributed by atoms with Gasteiger partial charge in [0.25, 0.3) is 0 Å². The Morgan fingerprint density at radius 2 is 1.49 bits per heavy atom. The van der Waals surface area contributed by atoms with Gasteiger partial charge in [0.2, 0.25) is 5.91 Å². The molecular formula is C33H39N5O. The number of piperidine rings is 1. The topological polar surface area (TPSA) is 44.6 Å². The maximum absolute atomic E-state index is 13.7. The molecule has 6 heteroatoms. The molecule has 0 unspecified atom stereocenters. The van der Waals surface area contributed by atoms with Gasteiger partial charge in [-0.1, -0.05) is 72.8 Å². The summed E-state index contributed by atoms with van der Waals surface area (Å²) in [6.07, 6.45) is 2.04. The summed E-state index contributed by atoms with van der Waals surface area (Å²) in [5.41, 5.74) is 4.87. The van der Waals surface area contributed by atoms with Crippen molar-refractivity contribution in [2.75, 3.05) is 39.3 Å². The van der Waals surface area contributed by atoms with Crippen LogP contribution in [0.4, 0.5) is 0 Å². The van der Waals surface area contributed by atoms with Crippen molar-refractivity contribution < 1.29 is 4.79 Å². The third kappa shape index (κ3) is 5.49. The van der Waals surface area contributed by atoms with Crippen LogP contribution >= 0.6 is 0 Å². The van der Waals surface area contributed by atoms with Crippen LogP contribution in [0.5, 0.6) is 0 Å². The fraction of sp³-hybridized carbons (Fsp3) is 0.394. The number of benzene rings is 3. The third-order valence-electron chi connectivity index (χ3n) is 8.49. The summed E-state index contributed by atoms with van der Waals surface area (Å²) in [6, 6.07) is 30.1. The molecule has 0 saturated carbocycles. The molecule has 0 bridgehead atoms. The molecule has 1 aromatic heterocycles. The molecule has 2 fully saturated rings. The second kappa shape index (κ2) is 11.7. The summed E-state index contributed by atoms with van der Waals surface area (Å²) in [5.74, 6) is 1.51. The van der Waals surface area contributed by atoms with E-state index in [1.807, 2.05) is 0 Å². The van der Waals surface area contributed by atoms with Crippen LogP contribution in [0.3, 0.4) is 0 Å². The predicted molar refractivity (Wildman–Crippen MR) is 156 cm³/mol. The van der Waals surface area contributed by atoms with Crippen LogP contribution < -0.4 is 0 Å². The van der Waals surface area contributed by atoms with Gasteiger partial charge in [-0.2, -0.15) is 0 Å². The highest BCUT2D eigenvalue weighted by Crippen LogP contribution is 2.30.